The topological polar surface area (TPSA) is 42.1 Å². The lowest BCUT2D eigenvalue weighted by molar-refractivity contribution is 0.185. The van der Waals surface area contributed by atoms with Crippen molar-refractivity contribution in [1.29, 1.82) is 0 Å². The number of benzene rings is 1. The third-order valence-corrected chi connectivity index (χ3v) is 4.19. The molecule has 1 saturated heterocycles. The Balaban J connectivity index is 1.87. The molecular weight excluding hydrogens is 246 g/mol. The van der Waals surface area contributed by atoms with Crippen LogP contribution in [0.4, 0.5) is 0 Å². The first kappa shape index (κ1) is 13.3. The maximum Gasteiger partial charge on any atom is 0.0476 e. The van der Waals surface area contributed by atoms with Crippen LogP contribution in [0.15, 0.2) is 54.9 Å². The summed E-state index contributed by atoms with van der Waals surface area (Å²) in [5.41, 5.74) is 8.74. The van der Waals surface area contributed by atoms with Crippen molar-refractivity contribution in [2.45, 2.75) is 24.9 Å². The van der Waals surface area contributed by atoms with Gasteiger partial charge in [0.15, 0.2) is 0 Å². The average Bonchev–Trinajstić information content (AvgIpc) is 2.99. The third kappa shape index (κ3) is 2.60. The van der Waals surface area contributed by atoms with Crippen LogP contribution in [0.5, 0.6) is 0 Å². The summed E-state index contributed by atoms with van der Waals surface area (Å²) in [6.07, 6.45) is 6.20. The maximum absolute atomic E-state index is 6.07. The first-order chi connectivity index (χ1) is 9.90. The zero-order chi connectivity index (χ0) is 13.8. The summed E-state index contributed by atoms with van der Waals surface area (Å²) in [6.45, 7) is 1.77. The smallest absolute Gasteiger partial charge is 0.0476 e. The SMILES string of the molecule is NCC(c1ccccc1)N1CCCC1c1ccncc1. The number of nitrogens with two attached hydrogens (primary N) is 1. The molecule has 0 radical (unpaired) electrons. The molecule has 2 unspecified atom stereocenters. The van der Waals surface area contributed by atoms with Crippen molar-refractivity contribution in [2.75, 3.05) is 13.1 Å². The van der Waals surface area contributed by atoms with Crippen molar-refractivity contribution in [3.63, 3.8) is 0 Å². The molecule has 2 aromatic rings. The van der Waals surface area contributed by atoms with Gasteiger partial charge in [-0.2, -0.15) is 0 Å². The van der Waals surface area contributed by atoms with E-state index in [-0.39, 0.29) is 0 Å². The lowest BCUT2D eigenvalue weighted by Crippen LogP contribution is -2.33. The molecule has 2 atom stereocenters. The molecule has 1 aromatic heterocycles. The molecule has 1 aromatic carbocycles. The average molecular weight is 267 g/mol. The number of aromatic nitrogens is 1. The van der Waals surface area contributed by atoms with Crippen LogP contribution in [0.2, 0.25) is 0 Å². The van der Waals surface area contributed by atoms with Gasteiger partial charge >= 0.3 is 0 Å². The molecule has 20 heavy (non-hydrogen) atoms. The standard InChI is InChI=1S/C17H21N3/c18-13-17(14-5-2-1-3-6-14)20-12-4-7-16(20)15-8-10-19-11-9-15/h1-3,5-6,8-11,16-17H,4,7,12-13,18H2. The number of hydrogen-bond acceptors (Lipinski definition) is 3. The zero-order valence-electron chi connectivity index (χ0n) is 11.7. The largest absolute Gasteiger partial charge is 0.329 e. The van der Waals surface area contributed by atoms with Gasteiger partial charge in [-0.25, -0.2) is 0 Å². The zero-order valence-corrected chi connectivity index (χ0v) is 11.7. The molecule has 0 bridgehead atoms. The summed E-state index contributed by atoms with van der Waals surface area (Å²) in [5, 5.41) is 0. The van der Waals surface area contributed by atoms with Crippen LogP contribution in [0.3, 0.4) is 0 Å². The van der Waals surface area contributed by atoms with Gasteiger partial charge in [0.1, 0.15) is 0 Å². The van der Waals surface area contributed by atoms with Gasteiger partial charge in [-0.15, -0.1) is 0 Å². The van der Waals surface area contributed by atoms with Crippen molar-refractivity contribution in [1.82, 2.24) is 9.88 Å². The summed E-state index contributed by atoms with van der Waals surface area (Å²) < 4.78 is 0. The van der Waals surface area contributed by atoms with Gasteiger partial charge in [0.25, 0.3) is 0 Å². The van der Waals surface area contributed by atoms with Gasteiger partial charge in [-0.3, -0.25) is 9.88 Å². The van der Waals surface area contributed by atoms with E-state index < -0.39 is 0 Å². The van der Waals surface area contributed by atoms with Crippen LogP contribution in [0.25, 0.3) is 0 Å². The van der Waals surface area contributed by atoms with Gasteiger partial charge in [-0.05, 0) is 42.6 Å². The van der Waals surface area contributed by atoms with Crippen LogP contribution in [-0.4, -0.2) is 23.0 Å². The number of pyridine rings is 1. The molecule has 2 heterocycles. The maximum atomic E-state index is 6.07. The Morgan fingerprint density at radius 2 is 1.90 bits per heavy atom. The Morgan fingerprint density at radius 1 is 1.15 bits per heavy atom. The molecule has 0 amide bonds. The van der Waals surface area contributed by atoms with E-state index in [4.69, 9.17) is 5.73 Å². The highest BCUT2D eigenvalue weighted by molar-refractivity contribution is 5.23. The summed E-state index contributed by atoms with van der Waals surface area (Å²) >= 11 is 0. The minimum absolute atomic E-state index is 0.303. The molecule has 104 valence electrons. The minimum atomic E-state index is 0.303. The van der Waals surface area contributed by atoms with Crippen molar-refractivity contribution < 1.29 is 0 Å². The Kier molecular flexibility index (Phi) is 4.09. The monoisotopic (exact) mass is 267 g/mol. The summed E-state index contributed by atoms with van der Waals surface area (Å²) in [7, 11) is 0. The second kappa shape index (κ2) is 6.16. The van der Waals surface area contributed by atoms with E-state index in [1.165, 1.54) is 24.0 Å². The van der Waals surface area contributed by atoms with E-state index in [0.717, 1.165) is 6.54 Å². The van der Waals surface area contributed by atoms with E-state index in [0.29, 0.717) is 18.6 Å². The van der Waals surface area contributed by atoms with Gasteiger partial charge < -0.3 is 5.73 Å². The Hall–Kier alpha value is -1.71. The molecule has 0 spiro atoms. The summed E-state index contributed by atoms with van der Waals surface area (Å²) in [5.74, 6) is 0. The second-order valence-corrected chi connectivity index (χ2v) is 5.34. The van der Waals surface area contributed by atoms with Crippen LogP contribution in [0, 0.1) is 0 Å². The predicted octanol–water partition coefficient (Wildman–Crippen LogP) is 2.92. The fourth-order valence-electron chi connectivity index (χ4n) is 3.24. The minimum Gasteiger partial charge on any atom is -0.329 e. The second-order valence-electron chi connectivity index (χ2n) is 5.34. The number of hydrogen-bond donors (Lipinski definition) is 1. The molecule has 2 N–H and O–H groups in total. The van der Waals surface area contributed by atoms with Crippen molar-refractivity contribution in [3.8, 4) is 0 Å². The highest BCUT2D eigenvalue weighted by Crippen LogP contribution is 2.37. The van der Waals surface area contributed by atoms with E-state index in [1.807, 2.05) is 12.4 Å². The number of rotatable bonds is 4. The van der Waals surface area contributed by atoms with Crippen LogP contribution in [0.1, 0.15) is 36.1 Å². The van der Waals surface area contributed by atoms with Crippen LogP contribution in [-0.2, 0) is 0 Å². The van der Waals surface area contributed by atoms with Crippen LogP contribution >= 0.6 is 0 Å². The Morgan fingerprint density at radius 3 is 2.60 bits per heavy atom. The van der Waals surface area contributed by atoms with Gasteiger partial charge in [-0.1, -0.05) is 30.3 Å². The molecule has 0 aliphatic carbocycles. The summed E-state index contributed by atoms with van der Waals surface area (Å²) in [6, 6.07) is 15.6. The highest BCUT2D eigenvalue weighted by Gasteiger charge is 2.31. The Labute approximate surface area is 120 Å². The Bertz CT molecular complexity index is 526. The number of nitrogens with zero attached hydrogens (tertiary/aromatic N) is 2. The van der Waals surface area contributed by atoms with E-state index in [1.54, 1.807) is 0 Å². The molecule has 1 aliphatic heterocycles. The molecule has 1 aliphatic rings. The van der Waals surface area contributed by atoms with E-state index >= 15 is 0 Å². The fraction of sp³-hybridized carbons (Fsp3) is 0.353. The normalized spacial score (nSPS) is 20.9. The molecule has 3 heteroatoms. The first-order valence-corrected chi connectivity index (χ1v) is 7.31. The predicted molar refractivity (Wildman–Crippen MR) is 81.2 cm³/mol. The molecular formula is C17H21N3. The van der Waals surface area contributed by atoms with Crippen molar-refractivity contribution in [2.24, 2.45) is 5.73 Å². The molecule has 3 nitrogen and oxygen atoms in total. The molecule has 0 saturated carbocycles. The lowest BCUT2D eigenvalue weighted by atomic mass is 10.0. The van der Waals surface area contributed by atoms with Crippen molar-refractivity contribution >= 4 is 0 Å². The molecule has 3 rings (SSSR count). The third-order valence-electron chi connectivity index (χ3n) is 4.19. The quantitative estimate of drug-likeness (QED) is 0.926. The van der Waals surface area contributed by atoms with Crippen molar-refractivity contribution in [3.05, 3.63) is 66.0 Å². The summed E-state index contributed by atoms with van der Waals surface area (Å²) in [4.78, 5) is 6.67. The number of likely N-dealkylation sites (tertiary alicyclic amines) is 1. The van der Waals surface area contributed by atoms with E-state index in [2.05, 4.69) is 52.3 Å². The lowest BCUT2D eigenvalue weighted by Gasteiger charge is -2.33. The van der Waals surface area contributed by atoms with Crippen LogP contribution < -0.4 is 5.73 Å². The molecule has 1 fully saturated rings. The fourth-order valence-corrected chi connectivity index (χ4v) is 3.24. The van der Waals surface area contributed by atoms with Gasteiger partial charge in [0.05, 0.1) is 0 Å². The van der Waals surface area contributed by atoms with Gasteiger partial charge in [0.2, 0.25) is 0 Å². The first-order valence-electron chi connectivity index (χ1n) is 7.31. The highest BCUT2D eigenvalue weighted by atomic mass is 15.2. The van der Waals surface area contributed by atoms with E-state index in [9.17, 15) is 0 Å². The van der Waals surface area contributed by atoms with Gasteiger partial charge in [0, 0.05) is 31.0 Å².